The number of nitrogens with zero attached hydrogens (tertiary/aromatic N) is 2. The van der Waals surface area contributed by atoms with Crippen LogP contribution >= 0.6 is 11.6 Å². The second kappa shape index (κ2) is 7.93. The number of Topliss-reactive ketones (excluding diaryl/α,β-unsaturated/α-hetero) is 1. The van der Waals surface area contributed by atoms with E-state index in [2.05, 4.69) is 5.10 Å². The molecule has 24 heavy (non-hydrogen) atoms. The minimum atomic E-state index is -0.553. The first kappa shape index (κ1) is 17.9. The maximum atomic E-state index is 11.6. The lowest BCUT2D eigenvalue weighted by Crippen LogP contribution is -2.08. The Hall–Kier alpha value is -2.40. The molecular formula is C18H19ClN2O3. The van der Waals surface area contributed by atoms with Crippen LogP contribution in [0.4, 0.5) is 0 Å². The maximum Gasteiger partial charge on any atom is 0.331 e. The molecule has 0 amide bonds. The van der Waals surface area contributed by atoms with E-state index in [1.165, 1.54) is 13.0 Å². The monoisotopic (exact) mass is 346 g/mol. The number of carbonyl (C=O) groups is 2. The molecule has 1 heterocycles. The van der Waals surface area contributed by atoms with Gasteiger partial charge in [0.15, 0.2) is 5.78 Å². The van der Waals surface area contributed by atoms with Gasteiger partial charge in [-0.15, -0.1) is 0 Å². The Morgan fingerprint density at radius 2 is 2.00 bits per heavy atom. The molecular weight excluding hydrogens is 328 g/mol. The summed E-state index contributed by atoms with van der Waals surface area (Å²) in [5.41, 5.74) is 3.54. The molecule has 0 aliphatic heterocycles. The highest BCUT2D eigenvalue weighted by molar-refractivity contribution is 6.31. The Morgan fingerprint density at radius 3 is 2.67 bits per heavy atom. The van der Waals surface area contributed by atoms with Gasteiger partial charge in [0.2, 0.25) is 0 Å². The van der Waals surface area contributed by atoms with E-state index in [4.69, 9.17) is 16.3 Å². The van der Waals surface area contributed by atoms with Gasteiger partial charge in [-0.25, -0.2) is 4.79 Å². The summed E-state index contributed by atoms with van der Waals surface area (Å²) in [7, 11) is 0. The number of rotatable bonds is 6. The first-order valence-corrected chi connectivity index (χ1v) is 7.88. The Balaban J connectivity index is 2.15. The molecule has 0 aliphatic carbocycles. The summed E-state index contributed by atoms with van der Waals surface area (Å²) < 4.78 is 6.65. The van der Waals surface area contributed by atoms with Crippen LogP contribution in [-0.2, 0) is 20.9 Å². The number of ketones is 1. The van der Waals surface area contributed by atoms with Crippen molar-refractivity contribution in [1.82, 2.24) is 9.78 Å². The van der Waals surface area contributed by atoms with Gasteiger partial charge in [-0.1, -0.05) is 29.8 Å². The number of halogens is 1. The largest absolute Gasteiger partial charge is 0.455 e. The molecule has 5 nitrogen and oxygen atoms in total. The number of carbonyl (C=O) groups excluding carboxylic acids is 2. The molecule has 2 rings (SSSR count). The second-order valence-electron chi connectivity index (χ2n) is 5.48. The van der Waals surface area contributed by atoms with E-state index in [9.17, 15) is 9.59 Å². The molecule has 1 aromatic carbocycles. The number of aromatic nitrogens is 2. The molecule has 0 bridgehead atoms. The lowest BCUT2D eigenvalue weighted by Gasteiger charge is -2.06. The van der Waals surface area contributed by atoms with Gasteiger partial charge in [0.1, 0.15) is 6.61 Å². The zero-order valence-corrected chi connectivity index (χ0v) is 14.6. The van der Waals surface area contributed by atoms with Crippen LogP contribution in [0.2, 0.25) is 5.02 Å². The fraction of sp³-hybridized carbons (Fsp3) is 0.278. The highest BCUT2D eigenvalue weighted by Crippen LogP contribution is 2.20. The number of hydrogen-bond acceptors (Lipinski definition) is 4. The van der Waals surface area contributed by atoms with Crippen LogP contribution in [0.1, 0.15) is 29.4 Å². The second-order valence-corrected chi connectivity index (χ2v) is 5.88. The Labute approximate surface area is 145 Å². The van der Waals surface area contributed by atoms with Crippen LogP contribution in [0, 0.1) is 13.8 Å². The van der Waals surface area contributed by atoms with E-state index in [-0.39, 0.29) is 12.4 Å². The third-order valence-corrected chi connectivity index (χ3v) is 3.89. The molecule has 0 aliphatic rings. The highest BCUT2D eigenvalue weighted by atomic mass is 35.5. The molecule has 0 unspecified atom stereocenters. The molecule has 0 radical (unpaired) electrons. The highest BCUT2D eigenvalue weighted by Gasteiger charge is 2.11. The van der Waals surface area contributed by atoms with Gasteiger partial charge in [-0.05, 0) is 38.5 Å². The lowest BCUT2D eigenvalue weighted by molar-refractivity contribution is -0.142. The minimum Gasteiger partial charge on any atom is -0.455 e. The van der Waals surface area contributed by atoms with Crippen molar-refractivity contribution in [1.29, 1.82) is 0 Å². The van der Waals surface area contributed by atoms with E-state index in [0.29, 0.717) is 11.6 Å². The van der Waals surface area contributed by atoms with Gasteiger partial charge >= 0.3 is 5.97 Å². The van der Waals surface area contributed by atoms with Crippen LogP contribution in [0.25, 0.3) is 6.08 Å². The summed E-state index contributed by atoms with van der Waals surface area (Å²) in [6.45, 7) is 5.50. The van der Waals surface area contributed by atoms with E-state index in [1.54, 1.807) is 6.08 Å². The summed E-state index contributed by atoms with van der Waals surface area (Å²) in [6.07, 6.45) is 2.96. The Bertz CT molecular complexity index is 794. The number of aryl methyl sites for hydroxylation is 1. The summed E-state index contributed by atoms with van der Waals surface area (Å²) in [5.74, 6) is -0.750. The smallest absolute Gasteiger partial charge is 0.331 e. The van der Waals surface area contributed by atoms with E-state index >= 15 is 0 Å². The molecule has 0 fully saturated rings. The molecule has 0 spiro atoms. The Kier molecular flexibility index (Phi) is 5.93. The number of ether oxygens (including phenoxy) is 1. The third kappa shape index (κ3) is 4.55. The van der Waals surface area contributed by atoms with E-state index < -0.39 is 5.97 Å². The van der Waals surface area contributed by atoms with E-state index in [0.717, 1.165) is 22.5 Å². The van der Waals surface area contributed by atoms with Crippen molar-refractivity contribution in [2.24, 2.45) is 0 Å². The van der Waals surface area contributed by atoms with Crippen molar-refractivity contribution in [2.45, 2.75) is 27.3 Å². The van der Waals surface area contributed by atoms with Gasteiger partial charge < -0.3 is 4.74 Å². The minimum absolute atomic E-state index is 0.198. The molecule has 0 saturated heterocycles. The van der Waals surface area contributed by atoms with Crippen molar-refractivity contribution in [3.05, 3.63) is 57.9 Å². The number of esters is 1. The van der Waals surface area contributed by atoms with Crippen LogP contribution in [0.15, 0.2) is 30.3 Å². The van der Waals surface area contributed by atoms with Crippen LogP contribution in [0.3, 0.4) is 0 Å². The molecule has 0 N–H and O–H groups in total. The zero-order chi connectivity index (χ0) is 17.7. The average molecular weight is 347 g/mol. The molecule has 0 saturated carbocycles. The number of benzene rings is 1. The van der Waals surface area contributed by atoms with Crippen molar-refractivity contribution in [2.75, 3.05) is 6.61 Å². The van der Waals surface area contributed by atoms with Gasteiger partial charge in [-0.2, -0.15) is 5.10 Å². The van der Waals surface area contributed by atoms with Crippen LogP contribution < -0.4 is 0 Å². The third-order valence-electron chi connectivity index (χ3n) is 3.52. The number of hydrogen-bond donors (Lipinski definition) is 0. The fourth-order valence-electron chi connectivity index (χ4n) is 2.27. The van der Waals surface area contributed by atoms with Crippen LogP contribution in [0.5, 0.6) is 0 Å². The van der Waals surface area contributed by atoms with E-state index in [1.807, 2.05) is 42.8 Å². The molecule has 2 aromatic rings. The lowest BCUT2D eigenvalue weighted by atomic mass is 10.1. The van der Waals surface area contributed by atoms with Gasteiger partial charge in [0.25, 0.3) is 0 Å². The first-order valence-electron chi connectivity index (χ1n) is 7.50. The molecule has 126 valence electrons. The SMILES string of the molecule is CC(=O)COC(=O)/C=C/c1c(C)nn(Cc2ccccc2Cl)c1C. The summed E-state index contributed by atoms with van der Waals surface area (Å²) in [6, 6.07) is 7.61. The summed E-state index contributed by atoms with van der Waals surface area (Å²) in [4.78, 5) is 22.4. The van der Waals surface area contributed by atoms with Gasteiger partial charge in [-0.3, -0.25) is 9.48 Å². The van der Waals surface area contributed by atoms with Gasteiger partial charge in [0, 0.05) is 22.4 Å². The Morgan fingerprint density at radius 1 is 1.29 bits per heavy atom. The predicted octanol–water partition coefficient (Wildman–Crippen LogP) is 3.35. The zero-order valence-electron chi connectivity index (χ0n) is 13.9. The fourth-order valence-corrected chi connectivity index (χ4v) is 2.46. The summed E-state index contributed by atoms with van der Waals surface area (Å²) >= 11 is 6.19. The maximum absolute atomic E-state index is 11.6. The predicted molar refractivity (Wildman–Crippen MR) is 92.9 cm³/mol. The van der Waals surface area contributed by atoms with Crippen molar-refractivity contribution >= 4 is 29.4 Å². The standard InChI is InChI=1S/C18H19ClN2O3/c1-12(22)11-24-18(23)9-8-16-13(2)20-21(14(16)3)10-15-6-4-5-7-17(15)19/h4-9H,10-11H2,1-3H3/b9-8+. The average Bonchev–Trinajstić information content (AvgIpc) is 2.79. The molecule has 6 heteroatoms. The van der Waals surface area contributed by atoms with Crippen molar-refractivity contribution in [3.8, 4) is 0 Å². The van der Waals surface area contributed by atoms with Crippen molar-refractivity contribution in [3.63, 3.8) is 0 Å². The van der Waals surface area contributed by atoms with Crippen LogP contribution in [-0.4, -0.2) is 28.1 Å². The first-order chi connectivity index (χ1) is 11.4. The normalized spacial score (nSPS) is 11.0. The molecule has 1 aromatic heterocycles. The topological polar surface area (TPSA) is 61.2 Å². The quantitative estimate of drug-likeness (QED) is 0.594. The molecule has 0 atom stereocenters. The van der Waals surface area contributed by atoms with Crippen molar-refractivity contribution < 1.29 is 14.3 Å². The summed E-state index contributed by atoms with van der Waals surface area (Å²) in [5, 5.41) is 5.19. The van der Waals surface area contributed by atoms with Gasteiger partial charge in [0.05, 0.1) is 12.2 Å².